The van der Waals surface area contributed by atoms with Crippen LogP contribution in [-0.2, 0) is 6.54 Å². The van der Waals surface area contributed by atoms with Gasteiger partial charge < -0.3 is 14.2 Å². The average Bonchev–Trinajstić information content (AvgIpc) is 3.34. The van der Waals surface area contributed by atoms with Gasteiger partial charge in [0.1, 0.15) is 23.0 Å². The summed E-state index contributed by atoms with van der Waals surface area (Å²) in [6, 6.07) is 11.7. The molecule has 1 aliphatic heterocycles. The van der Waals surface area contributed by atoms with Gasteiger partial charge in [-0.15, -0.1) is 13.2 Å². The van der Waals surface area contributed by atoms with E-state index in [9.17, 15) is 13.2 Å². The molecule has 5 rings (SSSR count). The van der Waals surface area contributed by atoms with E-state index in [0.717, 1.165) is 35.9 Å². The fourth-order valence-corrected chi connectivity index (χ4v) is 3.66. The number of hydrogen-bond acceptors (Lipinski definition) is 5. The van der Waals surface area contributed by atoms with Crippen molar-refractivity contribution in [2.75, 3.05) is 18.0 Å². The second kappa shape index (κ2) is 8.27. The van der Waals surface area contributed by atoms with E-state index in [4.69, 9.17) is 5.10 Å². The summed E-state index contributed by atoms with van der Waals surface area (Å²) in [5.41, 5.74) is 4.17. The minimum absolute atomic E-state index is 0.269. The first-order valence-corrected chi connectivity index (χ1v) is 10.5. The Morgan fingerprint density at radius 3 is 2.48 bits per heavy atom. The molecule has 0 spiro atoms. The number of ether oxygens (including phenoxy) is 1. The molecule has 170 valence electrons. The molecule has 0 radical (unpaired) electrons. The minimum Gasteiger partial charge on any atom is -0.406 e. The number of anilines is 1. The number of aromatic nitrogens is 5. The SMILES string of the molecule is Cc1cc(-c2cn(-c3ccc(OC(F)(F)F)cc3)cn2)nn1Cc1ccnc(N2CCC2)c1. The van der Waals surface area contributed by atoms with E-state index in [2.05, 4.69) is 25.7 Å². The van der Waals surface area contributed by atoms with Gasteiger partial charge in [-0.1, -0.05) is 0 Å². The molecule has 1 aliphatic rings. The lowest BCUT2D eigenvalue weighted by molar-refractivity contribution is -0.274. The Kier molecular flexibility index (Phi) is 5.27. The van der Waals surface area contributed by atoms with Gasteiger partial charge in [-0.25, -0.2) is 9.97 Å². The van der Waals surface area contributed by atoms with Crippen molar-refractivity contribution in [3.63, 3.8) is 0 Å². The molecule has 1 fully saturated rings. The lowest BCUT2D eigenvalue weighted by Crippen LogP contribution is -2.37. The summed E-state index contributed by atoms with van der Waals surface area (Å²) in [6.07, 6.45) is 1.71. The van der Waals surface area contributed by atoms with Gasteiger partial charge in [-0.3, -0.25) is 4.68 Å². The molecule has 0 unspecified atom stereocenters. The molecule has 0 saturated carbocycles. The van der Waals surface area contributed by atoms with Crippen molar-refractivity contribution in [3.8, 4) is 22.8 Å². The number of imidazole rings is 1. The summed E-state index contributed by atoms with van der Waals surface area (Å²) in [5, 5.41) is 4.71. The van der Waals surface area contributed by atoms with E-state index >= 15 is 0 Å². The summed E-state index contributed by atoms with van der Waals surface area (Å²) >= 11 is 0. The zero-order valence-electron chi connectivity index (χ0n) is 17.8. The predicted molar refractivity (Wildman–Crippen MR) is 116 cm³/mol. The van der Waals surface area contributed by atoms with E-state index < -0.39 is 6.36 Å². The predicted octanol–water partition coefficient (Wildman–Crippen LogP) is 4.60. The van der Waals surface area contributed by atoms with Crippen LogP contribution in [0, 0.1) is 6.92 Å². The van der Waals surface area contributed by atoms with E-state index in [-0.39, 0.29) is 5.75 Å². The molecule has 0 N–H and O–H groups in total. The van der Waals surface area contributed by atoms with Crippen LogP contribution >= 0.6 is 0 Å². The monoisotopic (exact) mass is 454 g/mol. The number of nitrogens with zero attached hydrogens (tertiary/aromatic N) is 6. The number of halogens is 3. The Morgan fingerprint density at radius 1 is 1.00 bits per heavy atom. The molecule has 7 nitrogen and oxygen atoms in total. The quantitative estimate of drug-likeness (QED) is 0.426. The zero-order valence-corrected chi connectivity index (χ0v) is 17.8. The van der Waals surface area contributed by atoms with Crippen molar-refractivity contribution in [2.24, 2.45) is 0 Å². The number of hydrogen-bond donors (Lipinski definition) is 0. The molecule has 1 aromatic carbocycles. The fraction of sp³-hybridized carbons (Fsp3) is 0.261. The third kappa shape index (κ3) is 4.69. The summed E-state index contributed by atoms with van der Waals surface area (Å²) in [6.45, 7) is 4.70. The van der Waals surface area contributed by atoms with Gasteiger partial charge in [0.25, 0.3) is 0 Å². The number of pyridine rings is 1. The largest absolute Gasteiger partial charge is 0.573 e. The molecule has 0 bridgehead atoms. The first-order chi connectivity index (χ1) is 15.8. The van der Waals surface area contributed by atoms with Crippen LogP contribution in [0.15, 0.2) is 61.2 Å². The first-order valence-electron chi connectivity index (χ1n) is 10.5. The second-order valence-corrected chi connectivity index (χ2v) is 7.90. The Balaban J connectivity index is 1.32. The van der Waals surface area contributed by atoms with Crippen LogP contribution in [0.3, 0.4) is 0 Å². The van der Waals surface area contributed by atoms with Crippen LogP contribution in [0.5, 0.6) is 5.75 Å². The van der Waals surface area contributed by atoms with Gasteiger partial charge in [-0.05, 0) is 61.4 Å². The molecule has 4 heterocycles. The maximum Gasteiger partial charge on any atom is 0.573 e. The standard InChI is InChI=1S/C23H21F3N6O/c1-16-11-20(29-32(16)13-17-7-8-27-22(12-17)30-9-2-10-30)21-14-31(15-28-21)18-3-5-19(6-4-18)33-23(24,25)26/h3-8,11-12,14-15H,2,9-10,13H2,1H3. The Morgan fingerprint density at radius 2 is 1.79 bits per heavy atom. The van der Waals surface area contributed by atoms with Crippen molar-refractivity contribution in [1.29, 1.82) is 0 Å². The molecular formula is C23H21F3N6O. The first kappa shape index (κ1) is 21.0. The van der Waals surface area contributed by atoms with Crippen LogP contribution in [-0.4, -0.2) is 43.8 Å². The molecule has 10 heteroatoms. The van der Waals surface area contributed by atoms with Crippen molar-refractivity contribution in [2.45, 2.75) is 26.3 Å². The lowest BCUT2D eigenvalue weighted by Gasteiger charge is -2.32. The minimum atomic E-state index is -4.72. The molecule has 33 heavy (non-hydrogen) atoms. The van der Waals surface area contributed by atoms with E-state index in [1.54, 1.807) is 17.1 Å². The van der Waals surface area contributed by atoms with Crippen molar-refractivity contribution >= 4 is 5.82 Å². The smallest absolute Gasteiger partial charge is 0.406 e. The number of rotatable bonds is 6. The topological polar surface area (TPSA) is 61.0 Å². The highest BCUT2D eigenvalue weighted by molar-refractivity contribution is 5.55. The van der Waals surface area contributed by atoms with Crippen molar-refractivity contribution in [1.82, 2.24) is 24.3 Å². The van der Waals surface area contributed by atoms with Gasteiger partial charge in [0.15, 0.2) is 0 Å². The highest BCUT2D eigenvalue weighted by atomic mass is 19.4. The molecule has 0 amide bonds. The van der Waals surface area contributed by atoms with Gasteiger partial charge in [0.05, 0.1) is 12.9 Å². The summed E-state index contributed by atoms with van der Waals surface area (Å²) in [4.78, 5) is 11.1. The zero-order chi connectivity index (χ0) is 23.0. The highest BCUT2D eigenvalue weighted by Crippen LogP contribution is 2.25. The van der Waals surface area contributed by atoms with E-state index in [0.29, 0.717) is 17.9 Å². The Bertz CT molecular complexity index is 1260. The summed E-state index contributed by atoms with van der Waals surface area (Å²) < 4.78 is 44.6. The van der Waals surface area contributed by atoms with Gasteiger partial charge in [0.2, 0.25) is 0 Å². The van der Waals surface area contributed by atoms with Gasteiger partial charge in [-0.2, -0.15) is 5.10 Å². The number of benzene rings is 1. The van der Waals surface area contributed by atoms with E-state index in [1.165, 1.54) is 30.7 Å². The number of aryl methyl sites for hydroxylation is 1. The highest BCUT2D eigenvalue weighted by Gasteiger charge is 2.31. The summed E-state index contributed by atoms with van der Waals surface area (Å²) in [5.74, 6) is 0.725. The van der Waals surface area contributed by atoms with E-state index in [1.807, 2.05) is 29.9 Å². The van der Waals surface area contributed by atoms with Crippen LogP contribution in [0.25, 0.3) is 17.1 Å². The lowest BCUT2D eigenvalue weighted by atomic mass is 10.2. The molecule has 3 aromatic heterocycles. The maximum atomic E-state index is 12.4. The molecule has 1 saturated heterocycles. The normalized spacial score (nSPS) is 13.8. The van der Waals surface area contributed by atoms with Gasteiger partial charge >= 0.3 is 6.36 Å². The van der Waals surface area contributed by atoms with Crippen LogP contribution in [0.2, 0.25) is 0 Å². The molecule has 0 aliphatic carbocycles. The Hall–Kier alpha value is -3.82. The van der Waals surface area contributed by atoms with Crippen molar-refractivity contribution < 1.29 is 17.9 Å². The Labute approximate surface area is 188 Å². The molecular weight excluding hydrogens is 433 g/mol. The molecule has 4 aromatic rings. The average molecular weight is 454 g/mol. The summed E-state index contributed by atoms with van der Waals surface area (Å²) in [7, 11) is 0. The van der Waals surface area contributed by atoms with Crippen LogP contribution < -0.4 is 9.64 Å². The molecule has 0 atom stereocenters. The third-order valence-corrected chi connectivity index (χ3v) is 5.52. The maximum absolute atomic E-state index is 12.4. The third-order valence-electron chi connectivity index (χ3n) is 5.52. The number of alkyl halides is 3. The van der Waals surface area contributed by atoms with Crippen molar-refractivity contribution in [3.05, 3.63) is 72.4 Å². The second-order valence-electron chi connectivity index (χ2n) is 7.90. The fourth-order valence-electron chi connectivity index (χ4n) is 3.66. The van der Waals surface area contributed by atoms with Crippen LogP contribution in [0.4, 0.5) is 19.0 Å². The van der Waals surface area contributed by atoms with Gasteiger partial charge in [0, 0.05) is 36.9 Å². The van der Waals surface area contributed by atoms with Crippen LogP contribution in [0.1, 0.15) is 17.7 Å².